The first-order valence-electron chi connectivity index (χ1n) is 7.36. The molecule has 4 nitrogen and oxygen atoms in total. The number of aromatic carboxylic acids is 1. The summed E-state index contributed by atoms with van der Waals surface area (Å²) in [5.41, 5.74) is -0.891. The third-order valence-electron chi connectivity index (χ3n) is 2.28. The van der Waals surface area contributed by atoms with Crippen LogP contribution in [0.15, 0.2) is 54.5 Å². The van der Waals surface area contributed by atoms with Crippen LogP contribution in [0.3, 0.4) is 0 Å². The number of carbonyl (C=O) groups is 2. The zero-order valence-electron chi connectivity index (χ0n) is 13.7. The van der Waals surface area contributed by atoms with Crippen LogP contribution < -0.4 is 0 Å². The first kappa shape index (κ1) is 8.48. The minimum absolute atomic E-state index is 0.214. The fourth-order valence-corrected chi connectivity index (χ4v) is 1.42. The van der Waals surface area contributed by atoms with E-state index in [2.05, 4.69) is 0 Å². The molecule has 0 aliphatic rings. The van der Waals surface area contributed by atoms with Crippen LogP contribution in [0.1, 0.15) is 31.8 Å². The number of carboxylic acid groups (broad SMARTS) is 1. The van der Waals surface area contributed by atoms with Gasteiger partial charge in [-0.25, -0.2) is 9.59 Å². The molecule has 0 unspecified atom stereocenters. The van der Waals surface area contributed by atoms with Gasteiger partial charge in [-0.1, -0.05) is 42.4 Å². The smallest absolute Gasteiger partial charge is 0.339 e. The molecule has 0 saturated heterocycles. The molecule has 2 aromatic rings. The zero-order chi connectivity index (χ0) is 17.2. The van der Waals surface area contributed by atoms with Crippen LogP contribution in [0.4, 0.5) is 0 Å². The van der Waals surface area contributed by atoms with Gasteiger partial charge in [0.15, 0.2) is 0 Å². The average Bonchev–Trinajstić information content (AvgIpc) is 2.49. The molecule has 0 bridgehead atoms. The highest BCUT2D eigenvalue weighted by Gasteiger charge is 2.16. The van der Waals surface area contributed by atoms with Crippen LogP contribution in [0.25, 0.3) is 0 Å². The van der Waals surface area contributed by atoms with Crippen molar-refractivity contribution in [3.63, 3.8) is 0 Å². The third-order valence-corrected chi connectivity index (χ3v) is 2.28. The molecule has 0 atom stereocenters. The third kappa shape index (κ3) is 3.19. The lowest BCUT2D eigenvalue weighted by atomic mass is 10.1. The average molecular weight is 260 g/mol. The van der Waals surface area contributed by atoms with Crippen molar-refractivity contribution < 1.29 is 24.9 Å². The van der Waals surface area contributed by atoms with E-state index in [1.807, 2.05) is 0 Å². The Kier molecular flexibility index (Phi) is 2.60. The summed E-state index contributed by atoms with van der Waals surface area (Å²) in [6.07, 6.45) is 0. The second-order valence-electron chi connectivity index (χ2n) is 3.55. The predicted molar refractivity (Wildman–Crippen MR) is 69.0 cm³/mol. The maximum absolute atomic E-state index is 12.1. The molecular formula is C15H12O4. The lowest BCUT2D eigenvalue weighted by molar-refractivity contribution is 0.0463. The van der Waals surface area contributed by atoms with Gasteiger partial charge < -0.3 is 9.84 Å². The van der Waals surface area contributed by atoms with E-state index in [-0.39, 0.29) is 22.7 Å². The van der Waals surface area contributed by atoms with Crippen LogP contribution >= 0.6 is 0 Å². The fraction of sp³-hybridized carbons (Fsp3) is 0.0667. The van der Waals surface area contributed by atoms with Crippen LogP contribution in [0.2, 0.25) is 0 Å². The van der Waals surface area contributed by atoms with Crippen molar-refractivity contribution in [3.05, 3.63) is 71.2 Å². The largest absolute Gasteiger partial charge is 0.478 e. The lowest BCUT2D eigenvalue weighted by Crippen LogP contribution is -2.11. The van der Waals surface area contributed by atoms with Crippen LogP contribution in [-0.4, -0.2) is 17.0 Å². The van der Waals surface area contributed by atoms with Gasteiger partial charge in [-0.05, 0) is 17.7 Å². The van der Waals surface area contributed by atoms with Crippen molar-refractivity contribution in [3.8, 4) is 0 Å². The summed E-state index contributed by atoms with van der Waals surface area (Å²) in [4.78, 5) is 23.2. The zero-order valence-corrected chi connectivity index (χ0v) is 9.71. The maximum Gasteiger partial charge on any atom is 0.339 e. The molecule has 0 spiro atoms. The Morgan fingerprint density at radius 1 is 1.16 bits per heavy atom. The molecule has 0 fully saturated rings. The molecular weight excluding hydrogens is 244 g/mol. The Labute approximate surface area is 115 Å². The molecule has 0 radical (unpaired) electrons. The Morgan fingerprint density at radius 3 is 2.58 bits per heavy atom. The van der Waals surface area contributed by atoms with Gasteiger partial charge in [0.05, 0.1) is 16.6 Å². The molecule has 0 aliphatic carbocycles. The van der Waals surface area contributed by atoms with E-state index < -0.39 is 24.5 Å². The molecule has 0 aromatic heterocycles. The Morgan fingerprint density at radius 2 is 1.84 bits per heavy atom. The van der Waals surface area contributed by atoms with Crippen LogP contribution in [-0.2, 0) is 11.3 Å². The molecule has 0 heterocycles. The summed E-state index contributed by atoms with van der Waals surface area (Å²) in [6, 6.07) is 8.57. The molecule has 0 amide bonds. The maximum atomic E-state index is 12.1. The molecule has 2 aromatic carbocycles. The second kappa shape index (κ2) is 5.82. The normalized spacial score (nSPS) is 13.7. The van der Waals surface area contributed by atoms with E-state index in [4.69, 9.17) is 15.3 Å². The van der Waals surface area contributed by atoms with Crippen molar-refractivity contribution in [2.24, 2.45) is 0 Å². The number of ether oxygens (including phenoxy) is 1. The summed E-state index contributed by atoms with van der Waals surface area (Å²) >= 11 is 0. The van der Waals surface area contributed by atoms with E-state index in [0.717, 1.165) is 0 Å². The van der Waals surface area contributed by atoms with E-state index in [1.165, 1.54) is 42.5 Å². The number of esters is 1. The Balaban J connectivity index is 2.36. The van der Waals surface area contributed by atoms with E-state index in [0.29, 0.717) is 0 Å². The first-order valence-corrected chi connectivity index (χ1v) is 5.36. The molecule has 0 saturated carbocycles. The minimum Gasteiger partial charge on any atom is -0.478 e. The van der Waals surface area contributed by atoms with Gasteiger partial charge >= 0.3 is 11.9 Å². The van der Waals surface area contributed by atoms with Gasteiger partial charge in [0.2, 0.25) is 0 Å². The highest BCUT2D eigenvalue weighted by atomic mass is 16.5. The highest BCUT2D eigenvalue weighted by Crippen LogP contribution is 2.11. The number of hydrogen-bond donors (Lipinski definition) is 1. The van der Waals surface area contributed by atoms with Crippen LogP contribution in [0.5, 0.6) is 0 Å². The topological polar surface area (TPSA) is 63.6 Å². The molecule has 0 aliphatic heterocycles. The lowest BCUT2D eigenvalue weighted by Gasteiger charge is -2.07. The summed E-state index contributed by atoms with van der Waals surface area (Å²) in [5.74, 6) is -2.50. The first-order chi connectivity index (χ1) is 10.7. The Hall–Kier alpha value is -2.62. The molecule has 2 rings (SSSR count). The van der Waals surface area contributed by atoms with Gasteiger partial charge in [0, 0.05) is 0 Å². The quantitative estimate of drug-likeness (QED) is 0.858. The van der Waals surface area contributed by atoms with Crippen LogP contribution in [0, 0.1) is 0 Å². The second-order valence-corrected chi connectivity index (χ2v) is 3.55. The predicted octanol–water partition coefficient (Wildman–Crippen LogP) is 2.74. The van der Waals surface area contributed by atoms with E-state index >= 15 is 0 Å². The molecule has 1 N–H and O–H groups in total. The minimum atomic E-state index is -2.67. The van der Waals surface area contributed by atoms with Crippen molar-refractivity contribution in [2.75, 3.05) is 0 Å². The van der Waals surface area contributed by atoms with Gasteiger partial charge in [-0.15, -0.1) is 0 Å². The number of benzene rings is 2. The summed E-state index contributed by atoms with van der Waals surface area (Å²) < 4.78 is 35.6. The van der Waals surface area contributed by atoms with Gasteiger partial charge in [0.1, 0.15) is 6.56 Å². The highest BCUT2D eigenvalue weighted by molar-refractivity contribution is 6.02. The van der Waals surface area contributed by atoms with Gasteiger partial charge in [-0.2, -0.15) is 0 Å². The van der Waals surface area contributed by atoms with Gasteiger partial charge in [-0.3, -0.25) is 0 Å². The van der Waals surface area contributed by atoms with Crippen molar-refractivity contribution in [1.82, 2.24) is 0 Å². The summed E-state index contributed by atoms with van der Waals surface area (Å²) in [6.45, 7) is -2.67. The molecule has 19 heavy (non-hydrogen) atoms. The fourth-order valence-electron chi connectivity index (χ4n) is 1.42. The number of hydrogen-bond acceptors (Lipinski definition) is 3. The van der Waals surface area contributed by atoms with Crippen molar-refractivity contribution in [1.29, 1.82) is 0 Å². The van der Waals surface area contributed by atoms with E-state index in [1.54, 1.807) is 0 Å². The number of rotatable bonds is 4. The SMILES string of the molecule is [2H]c1cccc(C([2H])([2H])OC(=O)c2ccccc2C(=O)O)c1[2H]. The monoisotopic (exact) mass is 260 g/mol. The van der Waals surface area contributed by atoms with E-state index in [9.17, 15) is 9.59 Å². The molecule has 4 heteroatoms. The van der Waals surface area contributed by atoms with Crippen molar-refractivity contribution in [2.45, 2.75) is 6.56 Å². The standard InChI is InChI=1S/C15H12O4/c16-14(17)12-8-4-5-9-13(12)15(18)19-10-11-6-2-1-3-7-11/h1-9H,10H2,(H,16,17)/i2D,6D,10D2. The number of carbonyl (C=O) groups excluding carboxylic acids is 1. The van der Waals surface area contributed by atoms with Crippen molar-refractivity contribution >= 4 is 11.9 Å². The van der Waals surface area contributed by atoms with Gasteiger partial charge in [0.25, 0.3) is 0 Å². The summed E-state index contributed by atoms with van der Waals surface area (Å²) in [5, 5.41) is 9.05. The summed E-state index contributed by atoms with van der Waals surface area (Å²) in [7, 11) is 0. The molecule has 96 valence electrons. The Bertz CT molecular complexity index is 774. The number of carboxylic acids is 1.